The number of nitrogens with one attached hydrogen (secondary N) is 1. The maximum absolute atomic E-state index is 13.0. The van der Waals surface area contributed by atoms with Gasteiger partial charge in [0, 0.05) is 25.5 Å². The lowest BCUT2D eigenvalue weighted by Gasteiger charge is -2.28. The van der Waals surface area contributed by atoms with Gasteiger partial charge in [-0.15, -0.1) is 0 Å². The highest BCUT2D eigenvalue weighted by Gasteiger charge is 2.36. The van der Waals surface area contributed by atoms with Gasteiger partial charge in [0.15, 0.2) is 0 Å². The molecule has 2 heterocycles. The van der Waals surface area contributed by atoms with Gasteiger partial charge in [-0.3, -0.25) is 14.4 Å². The normalized spacial score (nSPS) is 15.9. The van der Waals surface area contributed by atoms with Gasteiger partial charge in [-0.2, -0.15) is 5.10 Å². The molecule has 1 atom stereocenters. The van der Waals surface area contributed by atoms with Crippen molar-refractivity contribution in [2.75, 3.05) is 6.54 Å². The molecule has 7 nitrogen and oxygen atoms in total. The summed E-state index contributed by atoms with van der Waals surface area (Å²) in [7, 11) is 0. The molecule has 0 aliphatic carbocycles. The molecule has 1 aliphatic rings. The second kappa shape index (κ2) is 10.1. The molecule has 0 saturated carbocycles. The monoisotopic (exact) mass is 460 g/mol. The quantitative estimate of drug-likeness (QED) is 0.583. The maximum atomic E-state index is 13.0. The highest BCUT2D eigenvalue weighted by molar-refractivity contribution is 5.86. The molecule has 1 fully saturated rings. The van der Waals surface area contributed by atoms with Crippen LogP contribution in [0.1, 0.15) is 44.7 Å². The molecule has 4 rings (SSSR count). The van der Waals surface area contributed by atoms with E-state index in [2.05, 4.69) is 40.7 Å². The Bertz CT molecular complexity index is 1120. The molecule has 178 valence electrons. The van der Waals surface area contributed by atoms with E-state index in [9.17, 15) is 9.59 Å². The van der Waals surface area contributed by atoms with E-state index in [1.165, 1.54) is 5.56 Å². The third-order valence-corrected chi connectivity index (χ3v) is 5.82. The van der Waals surface area contributed by atoms with Crippen LogP contribution >= 0.6 is 0 Å². The first-order valence-corrected chi connectivity index (χ1v) is 11.7. The Labute approximate surface area is 200 Å². The molecule has 0 radical (unpaired) electrons. The molecular weight excluding hydrogens is 428 g/mol. The Kier molecular flexibility index (Phi) is 7.01. The topological polar surface area (TPSA) is 76.5 Å². The van der Waals surface area contributed by atoms with Crippen LogP contribution in [0.25, 0.3) is 11.1 Å². The van der Waals surface area contributed by atoms with Crippen LogP contribution < -0.4 is 5.32 Å². The number of hydrogen-bond acceptors (Lipinski definition) is 4. The predicted molar refractivity (Wildman–Crippen MR) is 131 cm³/mol. The third kappa shape index (κ3) is 5.84. The summed E-state index contributed by atoms with van der Waals surface area (Å²) in [5.74, 6) is -0.146. The smallest absolute Gasteiger partial charge is 0.410 e. The van der Waals surface area contributed by atoms with Gasteiger partial charge in [0.1, 0.15) is 11.6 Å². The fourth-order valence-corrected chi connectivity index (χ4v) is 4.21. The summed E-state index contributed by atoms with van der Waals surface area (Å²) < 4.78 is 7.38. The molecule has 34 heavy (non-hydrogen) atoms. The summed E-state index contributed by atoms with van der Waals surface area (Å²) in [5, 5.41) is 7.30. The van der Waals surface area contributed by atoms with Crippen molar-refractivity contribution in [3.63, 3.8) is 0 Å². The largest absolute Gasteiger partial charge is 0.444 e. The molecule has 1 aromatic heterocycles. The van der Waals surface area contributed by atoms with Crippen molar-refractivity contribution in [3.8, 4) is 11.1 Å². The standard InChI is InChI=1S/C27H32N4O3/c1-27(2,3)34-26(33)31-17-6-10-24(31)25(32)28-18-22-8-4-5-9-23(22)21-13-11-20(12-14-21)19-30-16-7-15-29-30/h4-5,7-9,11-16,24H,6,10,17-19H2,1-3H3,(H,28,32)/t24-/m0/s1. The number of amides is 2. The van der Waals surface area contributed by atoms with Crippen molar-refractivity contribution < 1.29 is 14.3 Å². The second-order valence-corrected chi connectivity index (χ2v) is 9.61. The van der Waals surface area contributed by atoms with Crippen LogP contribution in [0.15, 0.2) is 67.0 Å². The lowest BCUT2D eigenvalue weighted by Crippen LogP contribution is -2.47. The third-order valence-electron chi connectivity index (χ3n) is 5.82. The zero-order valence-corrected chi connectivity index (χ0v) is 20.0. The van der Waals surface area contributed by atoms with E-state index in [1.54, 1.807) is 11.1 Å². The molecule has 2 aromatic carbocycles. The zero-order chi connectivity index (χ0) is 24.1. The molecule has 7 heteroatoms. The first-order valence-electron chi connectivity index (χ1n) is 11.7. The summed E-state index contributed by atoms with van der Waals surface area (Å²) in [4.78, 5) is 27.1. The van der Waals surface area contributed by atoms with Gasteiger partial charge in [-0.1, -0.05) is 48.5 Å². The Balaban J connectivity index is 1.41. The zero-order valence-electron chi connectivity index (χ0n) is 20.0. The second-order valence-electron chi connectivity index (χ2n) is 9.61. The Hall–Kier alpha value is -3.61. The number of aromatic nitrogens is 2. The molecule has 0 spiro atoms. The number of nitrogens with zero attached hydrogens (tertiary/aromatic N) is 3. The average Bonchev–Trinajstić information content (AvgIpc) is 3.49. The van der Waals surface area contributed by atoms with Gasteiger partial charge in [-0.05, 0) is 61.9 Å². The molecule has 1 saturated heterocycles. The predicted octanol–water partition coefficient (Wildman–Crippen LogP) is 4.61. The Morgan fingerprint density at radius 1 is 1.09 bits per heavy atom. The van der Waals surface area contributed by atoms with Crippen molar-refractivity contribution >= 4 is 12.0 Å². The number of carbonyl (C=O) groups excluding carboxylic acids is 2. The molecule has 0 bridgehead atoms. The van der Waals surface area contributed by atoms with E-state index in [0.29, 0.717) is 19.5 Å². The van der Waals surface area contributed by atoms with E-state index in [0.717, 1.165) is 29.7 Å². The van der Waals surface area contributed by atoms with Crippen LogP contribution in [0.3, 0.4) is 0 Å². The lowest BCUT2D eigenvalue weighted by molar-refractivity contribution is -0.125. The molecular formula is C27H32N4O3. The van der Waals surface area contributed by atoms with E-state index >= 15 is 0 Å². The van der Waals surface area contributed by atoms with Crippen LogP contribution in [0.2, 0.25) is 0 Å². The molecule has 3 aromatic rings. The fraction of sp³-hybridized carbons (Fsp3) is 0.370. The van der Waals surface area contributed by atoms with E-state index < -0.39 is 17.7 Å². The van der Waals surface area contributed by atoms with Crippen LogP contribution in [0.4, 0.5) is 4.79 Å². The van der Waals surface area contributed by atoms with E-state index in [4.69, 9.17) is 4.74 Å². The van der Waals surface area contributed by atoms with Crippen molar-refractivity contribution in [1.82, 2.24) is 20.0 Å². The van der Waals surface area contributed by atoms with Crippen molar-refractivity contribution in [2.45, 2.75) is 58.3 Å². The summed E-state index contributed by atoms with van der Waals surface area (Å²) in [5.41, 5.74) is 3.77. The van der Waals surface area contributed by atoms with Crippen LogP contribution in [-0.4, -0.2) is 44.9 Å². The van der Waals surface area contributed by atoms with Gasteiger partial charge in [-0.25, -0.2) is 4.79 Å². The van der Waals surface area contributed by atoms with Crippen molar-refractivity contribution in [1.29, 1.82) is 0 Å². The first kappa shape index (κ1) is 23.5. The molecule has 1 N–H and O–H groups in total. The van der Waals surface area contributed by atoms with Gasteiger partial charge in [0.05, 0.1) is 6.54 Å². The average molecular weight is 461 g/mol. The maximum Gasteiger partial charge on any atom is 0.410 e. The lowest BCUT2D eigenvalue weighted by atomic mass is 9.98. The number of rotatable bonds is 6. The number of benzene rings is 2. The molecule has 1 aliphatic heterocycles. The van der Waals surface area contributed by atoms with Gasteiger partial charge >= 0.3 is 6.09 Å². The molecule has 0 unspecified atom stereocenters. The van der Waals surface area contributed by atoms with Crippen LogP contribution in [0, 0.1) is 0 Å². The highest BCUT2D eigenvalue weighted by atomic mass is 16.6. The van der Waals surface area contributed by atoms with Crippen LogP contribution in [-0.2, 0) is 22.6 Å². The number of likely N-dealkylation sites (tertiary alicyclic amines) is 1. The van der Waals surface area contributed by atoms with E-state index in [1.807, 2.05) is 55.9 Å². The van der Waals surface area contributed by atoms with Gasteiger partial charge in [0.25, 0.3) is 0 Å². The minimum atomic E-state index is -0.590. The summed E-state index contributed by atoms with van der Waals surface area (Å²) in [6.45, 7) is 7.14. The van der Waals surface area contributed by atoms with Crippen molar-refractivity contribution in [3.05, 3.63) is 78.1 Å². The highest BCUT2D eigenvalue weighted by Crippen LogP contribution is 2.25. The number of ether oxygens (including phenoxy) is 1. The van der Waals surface area contributed by atoms with E-state index in [-0.39, 0.29) is 5.91 Å². The van der Waals surface area contributed by atoms with Gasteiger partial charge < -0.3 is 10.1 Å². The minimum Gasteiger partial charge on any atom is -0.444 e. The first-order chi connectivity index (χ1) is 16.3. The van der Waals surface area contributed by atoms with Crippen molar-refractivity contribution in [2.24, 2.45) is 0 Å². The van der Waals surface area contributed by atoms with Crippen LogP contribution in [0.5, 0.6) is 0 Å². The summed E-state index contributed by atoms with van der Waals surface area (Å²) in [6, 6.07) is 17.9. The number of carbonyl (C=O) groups is 2. The van der Waals surface area contributed by atoms with Gasteiger partial charge in [0.2, 0.25) is 5.91 Å². The minimum absolute atomic E-state index is 0.146. The Morgan fingerprint density at radius 2 is 1.85 bits per heavy atom. The summed E-state index contributed by atoms with van der Waals surface area (Å²) >= 11 is 0. The fourth-order valence-electron chi connectivity index (χ4n) is 4.21. The summed E-state index contributed by atoms with van der Waals surface area (Å²) in [6.07, 6.45) is 4.72. The Morgan fingerprint density at radius 3 is 2.56 bits per heavy atom. The number of hydrogen-bond donors (Lipinski definition) is 1. The molecule has 2 amide bonds. The SMILES string of the molecule is CC(C)(C)OC(=O)N1CCC[C@H]1C(=O)NCc1ccccc1-c1ccc(Cn2cccn2)cc1.